The van der Waals surface area contributed by atoms with E-state index < -0.39 is 0 Å². The van der Waals surface area contributed by atoms with Crippen LogP contribution in [-0.2, 0) is 20.9 Å². The first-order valence-electron chi connectivity index (χ1n) is 9.23. The van der Waals surface area contributed by atoms with Crippen LogP contribution in [0.2, 0.25) is 0 Å². The minimum Gasteiger partial charge on any atom is -0.452 e. The van der Waals surface area contributed by atoms with Gasteiger partial charge in [-0.25, -0.2) is 0 Å². The lowest BCUT2D eigenvalue weighted by Gasteiger charge is -2.32. The van der Waals surface area contributed by atoms with Crippen LogP contribution in [0.1, 0.15) is 27.6 Å². The van der Waals surface area contributed by atoms with Gasteiger partial charge in [-0.2, -0.15) is 5.10 Å². The molecule has 27 heavy (non-hydrogen) atoms. The molecule has 7 nitrogen and oxygen atoms in total. The number of hydrogen-bond donors (Lipinski definition) is 1. The van der Waals surface area contributed by atoms with Crippen molar-refractivity contribution in [2.45, 2.75) is 38.8 Å². The lowest BCUT2D eigenvalue weighted by Crippen LogP contribution is -2.45. The molecule has 1 amide bonds. The molecular formula is C20H30N4O3. The molecule has 0 atom stereocenters. The molecule has 2 heterocycles. The second-order valence-electron chi connectivity index (χ2n) is 6.35. The average Bonchev–Trinajstić information content (AvgIpc) is 3.11. The number of likely N-dealkylation sites (tertiary alicyclic amines) is 1. The van der Waals surface area contributed by atoms with E-state index in [1.807, 2.05) is 47.0 Å². The van der Waals surface area contributed by atoms with E-state index in [1.54, 1.807) is 6.08 Å². The van der Waals surface area contributed by atoms with E-state index in [1.165, 1.54) is 0 Å². The quantitative estimate of drug-likeness (QED) is 0.349. The van der Waals surface area contributed by atoms with E-state index >= 15 is 0 Å². The van der Waals surface area contributed by atoms with Gasteiger partial charge in [-0.05, 0) is 25.8 Å². The second-order valence-corrected chi connectivity index (χ2v) is 6.35. The van der Waals surface area contributed by atoms with Gasteiger partial charge in [-0.1, -0.05) is 24.3 Å². The molecule has 1 aromatic carbocycles. The summed E-state index contributed by atoms with van der Waals surface area (Å²) in [5, 5.41) is 8.60. The van der Waals surface area contributed by atoms with Crippen LogP contribution in [0.15, 0.2) is 43.1 Å². The smallest absolute Gasteiger partial charge is 0.294 e. The van der Waals surface area contributed by atoms with E-state index in [4.69, 9.17) is 0 Å². The van der Waals surface area contributed by atoms with Gasteiger partial charge in [0.15, 0.2) is 0 Å². The number of piperidine rings is 1. The number of aryl methyl sites for hydroxylation is 1. The zero-order valence-electron chi connectivity index (χ0n) is 15.8. The maximum atomic E-state index is 12.4. The van der Waals surface area contributed by atoms with Gasteiger partial charge >= 0.3 is 0 Å². The topological polar surface area (TPSA) is 76.5 Å². The SMILES string of the molecule is C=CC.O=COCNC1CCN(C(=O)CCn2ncc3ccccc32)CC1.[HH]. The Kier molecular flexibility index (Phi) is 8.51. The van der Waals surface area contributed by atoms with Crippen LogP contribution in [0.5, 0.6) is 0 Å². The summed E-state index contributed by atoms with van der Waals surface area (Å²) in [7, 11) is 0. The number of allylic oxidation sites excluding steroid dienone is 1. The standard InChI is InChI=1S/C17H22N4O3.C3H6.H2/c22-13-24-12-18-15-5-8-20(9-6-15)17(23)7-10-21-16-4-2-1-3-14(16)11-19-21;1-3-2;/h1-4,11,13,15,18H,5-10,12H2;3H,1H2,2H3;1H. The molecule has 0 aliphatic carbocycles. The number of hydrogen-bond acceptors (Lipinski definition) is 5. The minimum absolute atomic E-state index is 0. The molecule has 2 aromatic rings. The van der Waals surface area contributed by atoms with Crippen LogP contribution in [-0.4, -0.2) is 52.9 Å². The molecule has 7 heteroatoms. The van der Waals surface area contributed by atoms with Crippen LogP contribution in [0.3, 0.4) is 0 Å². The van der Waals surface area contributed by atoms with Crippen LogP contribution in [0.4, 0.5) is 0 Å². The average molecular weight is 374 g/mol. The van der Waals surface area contributed by atoms with Crippen molar-refractivity contribution in [2.24, 2.45) is 0 Å². The predicted molar refractivity (Wildman–Crippen MR) is 107 cm³/mol. The first kappa shape index (κ1) is 20.6. The molecule has 1 fully saturated rings. The van der Waals surface area contributed by atoms with Crippen LogP contribution in [0, 0.1) is 0 Å². The van der Waals surface area contributed by atoms with Crippen molar-refractivity contribution >= 4 is 23.3 Å². The molecule has 0 radical (unpaired) electrons. The monoisotopic (exact) mass is 374 g/mol. The zero-order valence-corrected chi connectivity index (χ0v) is 15.8. The Labute approximate surface area is 161 Å². The molecule has 1 saturated heterocycles. The molecule has 3 rings (SSSR count). The van der Waals surface area contributed by atoms with Gasteiger partial charge in [0.25, 0.3) is 6.47 Å². The molecule has 0 saturated carbocycles. The van der Waals surface area contributed by atoms with E-state index in [0.717, 1.165) is 36.8 Å². The van der Waals surface area contributed by atoms with Gasteiger partial charge in [0, 0.05) is 32.4 Å². The number of aromatic nitrogens is 2. The highest BCUT2D eigenvalue weighted by molar-refractivity contribution is 5.79. The van der Waals surface area contributed by atoms with Crippen molar-refractivity contribution in [3.8, 4) is 0 Å². The van der Waals surface area contributed by atoms with Gasteiger partial charge in [0.2, 0.25) is 5.91 Å². The summed E-state index contributed by atoms with van der Waals surface area (Å²) in [5.74, 6) is 0.164. The van der Waals surface area contributed by atoms with Gasteiger partial charge in [-0.15, -0.1) is 6.58 Å². The van der Waals surface area contributed by atoms with E-state index in [-0.39, 0.29) is 14.1 Å². The minimum atomic E-state index is 0. The van der Waals surface area contributed by atoms with Crippen molar-refractivity contribution in [2.75, 3.05) is 19.8 Å². The fourth-order valence-electron chi connectivity index (χ4n) is 3.10. The predicted octanol–water partition coefficient (Wildman–Crippen LogP) is 2.58. The second kappa shape index (κ2) is 11.1. The van der Waals surface area contributed by atoms with Crippen LogP contribution in [0.25, 0.3) is 10.9 Å². The maximum Gasteiger partial charge on any atom is 0.294 e. The molecule has 148 valence electrons. The number of amides is 1. The fraction of sp³-hybridized carbons (Fsp3) is 0.450. The van der Waals surface area contributed by atoms with Gasteiger partial charge < -0.3 is 9.64 Å². The lowest BCUT2D eigenvalue weighted by molar-refractivity contribution is -0.132. The summed E-state index contributed by atoms with van der Waals surface area (Å²) in [6, 6.07) is 8.30. The highest BCUT2D eigenvalue weighted by atomic mass is 16.5. The van der Waals surface area contributed by atoms with E-state index in [0.29, 0.717) is 25.5 Å². The summed E-state index contributed by atoms with van der Waals surface area (Å²) in [5.41, 5.74) is 1.06. The number of carbonyl (C=O) groups is 2. The first-order chi connectivity index (χ1) is 13.2. The van der Waals surface area contributed by atoms with E-state index in [2.05, 4.69) is 21.7 Å². The van der Waals surface area contributed by atoms with Crippen molar-refractivity contribution in [3.05, 3.63) is 43.1 Å². The largest absolute Gasteiger partial charge is 0.452 e. The number of benzene rings is 1. The molecule has 1 aliphatic rings. The van der Waals surface area contributed by atoms with Gasteiger partial charge in [0.05, 0.1) is 18.3 Å². The Morgan fingerprint density at radius 2 is 2.11 bits per heavy atom. The maximum absolute atomic E-state index is 12.4. The number of nitrogens with zero attached hydrogens (tertiary/aromatic N) is 3. The molecule has 1 aromatic heterocycles. The molecule has 1 N–H and O–H groups in total. The van der Waals surface area contributed by atoms with Crippen molar-refractivity contribution < 1.29 is 15.8 Å². The highest BCUT2D eigenvalue weighted by Gasteiger charge is 2.22. The number of ether oxygens (including phenoxy) is 1. The molecular weight excluding hydrogens is 344 g/mol. The Bertz CT molecular complexity index is 742. The first-order valence-corrected chi connectivity index (χ1v) is 9.23. The Balaban J connectivity index is 0.000000921. The van der Waals surface area contributed by atoms with E-state index in [9.17, 15) is 9.59 Å². The third-order valence-corrected chi connectivity index (χ3v) is 4.46. The summed E-state index contributed by atoms with van der Waals surface area (Å²) in [4.78, 5) is 24.4. The summed E-state index contributed by atoms with van der Waals surface area (Å²) >= 11 is 0. The Morgan fingerprint density at radius 1 is 1.41 bits per heavy atom. The van der Waals surface area contributed by atoms with Crippen molar-refractivity contribution in [1.82, 2.24) is 20.0 Å². The normalized spacial score (nSPS) is 14.3. The third kappa shape index (κ3) is 6.21. The van der Waals surface area contributed by atoms with Crippen LogP contribution >= 0.6 is 0 Å². The molecule has 0 unspecified atom stereocenters. The summed E-state index contributed by atoms with van der Waals surface area (Å²) in [6.07, 6.45) is 5.79. The highest BCUT2D eigenvalue weighted by Crippen LogP contribution is 2.15. The van der Waals surface area contributed by atoms with Gasteiger partial charge in [0.1, 0.15) is 6.73 Å². The van der Waals surface area contributed by atoms with Gasteiger partial charge in [-0.3, -0.25) is 19.6 Å². The zero-order chi connectivity index (χ0) is 19.5. The van der Waals surface area contributed by atoms with Crippen molar-refractivity contribution in [3.63, 3.8) is 0 Å². The van der Waals surface area contributed by atoms with Crippen LogP contribution < -0.4 is 5.32 Å². The summed E-state index contributed by atoms with van der Waals surface area (Å²) in [6.45, 7) is 7.98. The number of para-hydroxylation sites is 1. The molecule has 0 bridgehead atoms. The third-order valence-electron chi connectivity index (χ3n) is 4.46. The fourth-order valence-corrected chi connectivity index (χ4v) is 3.10. The van der Waals surface area contributed by atoms with Crippen molar-refractivity contribution in [1.29, 1.82) is 0 Å². The number of rotatable bonds is 7. The molecule has 0 spiro atoms. The number of fused-ring (bicyclic) bond motifs is 1. The summed E-state index contributed by atoms with van der Waals surface area (Å²) < 4.78 is 6.53. The number of nitrogens with one attached hydrogen (secondary N) is 1. The lowest BCUT2D eigenvalue weighted by atomic mass is 10.1. The molecule has 1 aliphatic heterocycles. The Morgan fingerprint density at radius 3 is 2.81 bits per heavy atom. The number of carbonyl (C=O) groups excluding carboxylic acids is 2. The Hall–Kier alpha value is -2.67.